The molecule has 0 aliphatic heterocycles. The average molecular weight is 335 g/mol. The highest BCUT2D eigenvalue weighted by Crippen LogP contribution is 2.30. The minimum absolute atomic E-state index is 0.0260. The van der Waals surface area contributed by atoms with Gasteiger partial charge in [-0.3, -0.25) is 4.79 Å². The van der Waals surface area contributed by atoms with Gasteiger partial charge < -0.3 is 5.32 Å². The molecule has 1 aliphatic carbocycles. The van der Waals surface area contributed by atoms with Crippen LogP contribution in [-0.4, -0.2) is 17.3 Å². The zero-order chi connectivity index (χ0) is 13.1. The van der Waals surface area contributed by atoms with E-state index in [0.717, 1.165) is 12.8 Å². The van der Waals surface area contributed by atoms with Crippen molar-refractivity contribution >= 4 is 33.4 Å². The van der Waals surface area contributed by atoms with Gasteiger partial charge in [0.1, 0.15) is 5.82 Å². The summed E-state index contributed by atoms with van der Waals surface area (Å²) in [4.78, 5) is 12.3. The second kappa shape index (κ2) is 6.02. The lowest BCUT2D eigenvalue weighted by atomic mass is 10.1. The zero-order valence-electron chi connectivity index (χ0n) is 9.76. The van der Waals surface area contributed by atoms with Crippen LogP contribution in [0.2, 0.25) is 5.02 Å². The Kier molecular flexibility index (Phi) is 4.62. The van der Waals surface area contributed by atoms with Crippen LogP contribution in [0.1, 0.15) is 29.6 Å². The fraction of sp³-hybridized carbons (Fsp3) is 0.462. The minimum atomic E-state index is -0.510. The number of carbonyl (C=O) groups is 1. The molecule has 1 aliphatic rings. The van der Waals surface area contributed by atoms with Crippen molar-refractivity contribution in [3.63, 3.8) is 0 Å². The molecule has 18 heavy (non-hydrogen) atoms. The molecule has 2 rings (SSSR count). The zero-order valence-corrected chi connectivity index (χ0v) is 12.1. The van der Waals surface area contributed by atoms with E-state index in [-0.39, 0.29) is 10.9 Å². The molecule has 1 N–H and O–H groups in total. The Labute approximate surface area is 119 Å². The van der Waals surface area contributed by atoms with E-state index in [1.807, 2.05) is 0 Å². The summed E-state index contributed by atoms with van der Waals surface area (Å²) in [5, 5.41) is 2.84. The van der Waals surface area contributed by atoms with Crippen LogP contribution in [0.4, 0.5) is 4.39 Å². The molecule has 1 aromatic carbocycles. The van der Waals surface area contributed by atoms with Crippen molar-refractivity contribution in [3.8, 4) is 0 Å². The van der Waals surface area contributed by atoms with Gasteiger partial charge in [-0.15, -0.1) is 0 Å². The third-order valence-corrected chi connectivity index (χ3v) is 4.77. The third-order valence-electron chi connectivity index (χ3n) is 3.27. The second-order valence-electron chi connectivity index (χ2n) is 4.55. The Morgan fingerprint density at radius 3 is 2.89 bits per heavy atom. The third kappa shape index (κ3) is 3.23. The van der Waals surface area contributed by atoms with Gasteiger partial charge in [-0.25, -0.2) is 4.39 Å². The molecule has 2 nitrogen and oxygen atoms in total. The van der Waals surface area contributed by atoms with Crippen LogP contribution < -0.4 is 5.32 Å². The molecule has 1 fully saturated rings. The fourth-order valence-corrected chi connectivity index (χ4v) is 3.14. The molecule has 5 heteroatoms. The van der Waals surface area contributed by atoms with Crippen LogP contribution in [0.5, 0.6) is 0 Å². The van der Waals surface area contributed by atoms with Crippen LogP contribution in [0, 0.1) is 11.7 Å². The van der Waals surface area contributed by atoms with Crippen molar-refractivity contribution in [2.45, 2.75) is 24.1 Å². The van der Waals surface area contributed by atoms with Gasteiger partial charge >= 0.3 is 0 Å². The van der Waals surface area contributed by atoms with Crippen molar-refractivity contribution in [1.82, 2.24) is 5.32 Å². The van der Waals surface area contributed by atoms with Crippen LogP contribution >= 0.6 is 27.5 Å². The minimum Gasteiger partial charge on any atom is -0.352 e. The Bertz CT molecular complexity index is 455. The van der Waals surface area contributed by atoms with Crippen molar-refractivity contribution in [1.29, 1.82) is 0 Å². The van der Waals surface area contributed by atoms with E-state index < -0.39 is 5.82 Å². The summed E-state index contributed by atoms with van der Waals surface area (Å²) in [5.74, 6) is -0.238. The van der Waals surface area contributed by atoms with Crippen molar-refractivity contribution in [2.24, 2.45) is 5.92 Å². The largest absolute Gasteiger partial charge is 0.352 e. The van der Waals surface area contributed by atoms with E-state index in [1.165, 1.54) is 24.6 Å². The summed E-state index contributed by atoms with van der Waals surface area (Å²) in [5.41, 5.74) is 0.394. The normalized spacial score (nSPS) is 23.1. The van der Waals surface area contributed by atoms with Gasteiger partial charge in [0.15, 0.2) is 0 Å². The first kappa shape index (κ1) is 13.8. The average Bonchev–Trinajstić information content (AvgIpc) is 2.75. The molecule has 2 atom stereocenters. The Balaban J connectivity index is 1.93. The van der Waals surface area contributed by atoms with Gasteiger partial charge in [-0.2, -0.15) is 0 Å². The summed E-state index contributed by atoms with van der Waals surface area (Å²) < 4.78 is 13.0. The predicted molar refractivity (Wildman–Crippen MR) is 73.8 cm³/mol. The lowest BCUT2D eigenvalue weighted by molar-refractivity contribution is 0.0948. The summed E-state index contributed by atoms with van der Waals surface area (Å²) in [6.45, 7) is 0.643. The predicted octanol–water partition coefficient (Wildman–Crippen LogP) is 3.77. The van der Waals surface area contributed by atoms with Crippen molar-refractivity contribution in [3.05, 3.63) is 34.6 Å². The molecule has 0 heterocycles. The highest BCUT2D eigenvalue weighted by atomic mass is 79.9. The van der Waals surface area contributed by atoms with Gasteiger partial charge in [-0.1, -0.05) is 34.0 Å². The highest BCUT2D eigenvalue weighted by molar-refractivity contribution is 9.09. The first-order valence-corrected chi connectivity index (χ1v) is 7.24. The lowest BCUT2D eigenvalue weighted by Gasteiger charge is -2.14. The molecule has 0 aromatic heterocycles. The smallest absolute Gasteiger partial charge is 0.251 e. The Morgan fingerprint density at radius 1 is 1.50 bits per heavy atom. The first-order chi connectivity index (χ1) is 8.58. The number of nitrogens with one attached hydrogen (secondary N) is 1. The summed E-state index contributed by atoms with van der Waals surface area (Å²) >= 11 is 9.26. The standard InChI is InChI=1S/C13H14BrClFNO/c14-10-3-1-2-9(10)7-17-13(18)8-4-5-12(16)11(15)6-8/h4-6,9-10H,1-3,7H2,(H,17,18). The molecule has 0 spiro atoms. The Morgan fingerprint density at radius 2 is 2.28 bits per heavy atom. The number of amides is 1. The van der Waals surface area contributed by atoms with Gasteiger partial charge in [0.05, 0.1) is 5.02 Å². The molecule has 98 valence electrons. The number of hydrogen-bond donors (Lipinski definition) is 1. The van der Waals surface area contributed by atoms with Crippen molar-refractivity contribution < 1.29 is 9.18 Å². The molecule has 0 saturated heterocycles. The van der Waals surface area contributed by atoms with Crippen LogP contribution in [-0.2, 0) is 0 Å². The topological polar surface area (TPSA) is 29.1 Å². The molecule has 1 amide bonds. The van der Waals surface area contributed by atoms with Gasteiger partial charge in [0, 0.05) is 16.9 Å². The van der Waals surface area contributed by atoms with E-state index in [0.29, 0.717) is 22.9 Å². The van der Waals surface area contributed by atoms with E-state index in [4.69, 9.17) is 11.6 Å². The molecule has 0 radical (unpaired) electrons. The van der Waals surface area contributed by atoms with E-state index in [2.05, 4.69) is 21.2 Å². The number of hydrogen-bond acceptors (Lipinski definition) is 1. The van der Waals surface area contributed by atoms with Gasteiger partial charge in [-0.05, 0) is 37.0 Å². The fourth-order valence-electron chi connectivity index (χ4n) is 2.18. The molecule has 0 bridgehead atoms. The monoisotopic (exact) mass is 333 g/mol. The second-order valence-corrected chi connectivity index (χ2v) is 6.13. The first-order valence-electron chi connectivity index (χ1n) is 5.95. The van der Waals surface area contributed by atoms with Crippen molar-refractivity contribution in [2.75, 3.05) is 6.54 Å². The quantitative estimate of drug-likeness (QED) is 0.838. The summed E-state index contributed by atoms with van der Waals surface area (Å²) in [6.07, 6.45) is 3.47. The number of carbonyl (C=O) groups excluding carboxylic acids is 1. The molecular formula is C13H14BrClFNO. The summed E-state index contributed by atoms with van der Waals surface area (Å²) in [6, 6.07) is 4.00. The highest BCUT2D eigenvalue weighted by Gasteiger charge is 2.25. The molecule has 1 saturated carbocycles. The van der Waals surface area contributed by atoms with Crippen LogP contribution in [0.15, 0.2) is 18.2 Å². The maximum Gasteiger partial charge on any atom is 0.251 e. The number of rotatable bonds is 3. The summed E-state index contributed by atoms with van der Waals surface area (Å²) in [7, 11) is 0. The maximum atomic E-state index is 13.0. The molecule has 2 unspecified atom stereocenters. The van der Waals surface area contributed by atoms with Gasteiger partial charge in [0.2, 0.25) is 0 Å². The maximum absolute atomic E-state index is 13.0. The number of benzene rings is 1. The van der Waals surface area contributed by atoms with E-state index in [1.54, 1.807) is 0 Å². The number of halogens is 3. The van der Waals surface area contributed by atoms with E-state index >= 15 is 0 Å². The van der Waals surface area contributed by atoms with E-state index in [9.17, 15) is 9.18 Å². The van der Waals surface area contributed by atoms with Gasteiger partial charge in [0.25, 0.3) is 5.91 Å². The molecular weight excluding hydrogens is 321 g/mol. The number of alkyl halides is 1. The van der Waals surface area contributed by atoms with Crippen LogP contribution in [0.25, 0.3) is 0 Å². The van der Waals surface area contributed by atoms with Crippen LogP contribution in [0.3, 0.4) is 0 Å². The Hall–Kier alpha value is -0.610. The molecule has 1 aromatic rings. The lowest BCUT2D eigenvalue weighted by Crippen LogP contribution is -2.30. The SMILES string of the molecule is O=C(NCC1CCCC1Br)c1ccc(F)c(Cl)c1.